The van der Waals surface area contributed by atoms with Gasteiger partial charge in [-0.1, -0.05) is 11.6 Å². The zero-order chi connectivity index (χ0) is 16.4. The standard InChI is InChI=1S/C17H22ClN3O2/c1-20-5-6-21(11-14(20)4-7-22)10-13-9-17(23)15-8-12(18)2-3-16(15)19-13/h2-3,8-9,14,22H,4-7,10-11H2,1H3,(H,19,23)/t14-/m1/s1. The first-order chi connectivity index (χ1) is 11.1. The summed E-state index contributed by atoms with van der Waals surface area (Å²) < 4.78 is 0. The number of H-pyrrole nitrogens is 1. The van der Waals surface area contributed by atoms with Crippen LogP contribution in [-0.4, -0.2) is 59.2 Å². The van der Waals surface area contributed by atoms with Gasteiger partial charge in [0.1, 0.15) is 0 Å². The van der Waals surface area contributed by atoms with E-state index in [1.54, 1.807) is 18.2 Å². The smallest absolute Gasteiger partial charge is 0.189 e. The van der Waals surface area contributed by atoms with Crippen molar-refractivity contribution in [3.05, 3.63) is 45.2 Å². The van der Waals surface area contributed by atoms with Crippen molar-refractivity contribution < 1.29 is 5.11 Å². The van der Waals surface area contributed by atoms with E-state index in [0.717, 1.165) is 37.3 Å². The number of hydrogen-bond acceptors (Lipinski definition) is 4. The summed E-state index contributed by atoms with van der Waals surface area (Å²) in [6.07, 6.45) is 0.778. The van der Waals surface area contributed by atoms with Gasteiger partial charge in [0.05, 0.1) is 0 Å². The maximum atomic E-state index is 12.3. The Kier molecular flexibility index (Phi) is 5.02. The molecule has 0 saturated carbocycles. The van der Waals surface area contributed by atoms with E-state index in [4.69, 9.17) is 11.6 Å². The van der Waals surface area contributed by atoms with Crippen molar-refractivity contribution in [2.24, 2.45) is 0 Å². The first-order valence-corrected chi connectivity index (χ1v) is 8.29. The van der Waals surface area contributed by atoms with Crippen LogP contribution < -0.4 is 5.43 Å². The average molecular weight is 336 g/mol. The third-order valence-electron chi connectivity index (χ3n) is 4.57. The van der Waals surface area contributed by atoms with Gasteiger partial charge in [-0.25, -0.2) is 0 Å². The molecule has 2 aromatic rings. The Hall–Kier alpha value is -1.40. The van der Waals surface area contributed by atoms with Gasteiger partial charge in [0.15, 0.2) is 5.43 Å². The predicted molar refractivity (Wildman–Crippen MR) is 93.0 cm³/mol. The van der Waals surface area contributed by atoms with Crippen LogP contribution in [0.25, 0.3) is 10.9 Å². The van der Waals surface area contributed by atoms with E-state index in [-0.39, 0.29) is 12.0 Å². The number of piperazine rings is 1. The molecule has 1 aromatic heterocycles. The summed E-state index contributed by atoms with van der Waals surface area (Å²) in [6.45, 7) is 3.74. The van der Waals surface area contributed by atoms with Crippen molar-refractivity contribution in [3.63, 3.8) is 0 Å². The molecular weight excluding hydrogens is 314 g/mol. The lowest BCUT2D eigenvalue weighted by Gasteiger charge is -2.39. The molecule has 1 aromatic carbocycles. The van der Waals surface area contributed by atoms with Gasteiger partial charge in [0.2, 0.25) is 0 Å². The fourth-order valence-electron chi connectivity index (χ4n) is 3.22. The Balaban J connectivity index is 1.79. The lowest BCUT2D eigenvalue weighted by molar-refractivity contribution is 0.0736. The molecule has 0 bridgehead atoms. The number of benzene rings is 1. The molecule has 124 valence electrons. The van der Waals surface area contributed by atoms with Gasteiger partial charge >= 0.3 is 0 Å². The number of nitrogens with one attached hydrogen (secondary N) is 1. The highest BCUT2D eigenvalue weighted by Crippen LogP contribution is 2.17. The molecular formula is C17H22ClN3O2. The zero-order valence-corrected chi connectivity index (χ0v) is 14.0. The molecule has 5 nitrogen and oxygen atoms in total. The minimum absolute atomic E-state index is 0.00251. The van der Waals surface area contributed by atoms with Crippen LogP contribution in [0.5, 0.6) is 0 Å². The molecule has 6 heteroatoms. The minimum atomic E-state index is -0.00251. The van der Waals surface area contributed by atoms with E-state index in [1.165, 1.54) is 0 Å². The van der Waals surface area contributed by atoms with Gasteiger partial charge in [-0.15, -0.1) is 0 Å². The predicted octanol–water partition coefficient (Wildman–Crippen LogP) is 1.68. The van der Waals surface area contributed by atoms with Crippen LogP contribution in [0.1, 0.15) is 12.1 Å². The molecule has 1 fully saturated rings. The van der Waals surface area contributed by atoms with Gasteiger partial charge < -0.3 is 15.0 Å². The topological polar surface area (TPSA) is 59.6 Å². The monoisotopic (exact) mass is 335 g/mol. The number of fused-ring (bicyclic) bond motifs is 1. The molecule has 0 unspecified atom stereocenters. The van der Waals surface area contributed by atoms with E-state index in [9.17, 15) is 9.90 Å². The molecule has 2 heterocycles. The summed E-state index contributed by atoms with van der Waals surface area (Å²) in [4.78, 5) is 20.2. The summed E-state index contributed by atoms with van der Waals surface area (Å²) in [5.74, 6) is 0. The van der Waals surface area contributed by atoms with Gasteiger partial charge in [-0.05, 0) is 31.7 Å². The number of halogens is 1. The highest BCUT2D eigenvalue weighted by Gasteiger charge is 2.24. The second-order valence-corrected chi connectivity index (χ2v) is 6.67. The van der Waals surface area contributed by atoms with Crippen molar-refractivity contribution in [2.45, 2.75) is 19.0 Å². The summed E-state index contributed by atoms with van der Waals surface area (Å²) in [5.41, 5.74) is 1.73. The van der Waals surface area contributed by atoms with E-state index in [1.807, 2.05) is 6.07 Å². The van der Waals surface area contributed by atoms with Crippen LogP contribution >= 0.6 is 11.6 Å². The average Bonchev–Trinajstić information content (AvgIpc) is 2.52. The van der Waals surface area contributed by atoms with E-state index >= 15 is 0 Å². The highest BCUT2D eigenvalue weighted by molar-refractivity contribution is 6.31. The van der Waals surface area contributed by atoms with Crippen LogP contribution in [0.2, 0.25) is 5.02 Å². The number of likely N-dealkylation sites (N-methyl/N-ethyl adjacent to an activating group) is 1. The number of aliphatic hydroxyl groups is 1. The largest absolute Gasteiger partial charge is 0.396 e. The number of nitrogens with zero attached hydrogens (tertiary/aromatic N) is 2. The maximum Gasteiger partial charge on any atom is 0.189 e. The molecule has 1 atom stereocenters. The van der Waals surface area contributed by atoms with Crippen molar-refractivity contribution in [3.8, 4) is 0 Å². The lowest BCUT2D eigenvalue weighted by Crippen LogP contribution is -2.51. The van der Waals surface area contributed by atoms with Crippen molar-refractivity contribution in [2.75, 3.05) is 33.3 Å². The number of aliphatic hydroxyl groups excluding tert-OH is 1. The number of rotatable bonds is 4. The summed E-state index contributed by atoms with van der Waals surface area (Å²) >= 11 is 5.96. The molecule has 0 aliphatic carbocycles. The highest BCUT2D eigenvalue weighted by atomic mass is 35.5. The second kappa shape index (κ2) is 7.01. The maximum absolute atomic E-state index is 12.3. The summed E-state index contributed by atoms with van der Waals surface area (Å²) in [6, 6.07) is 7.36. The van der Waals surface area contributed by atoms with Crippen molar-refractivity contribution in [1.82, 2.24) is 14.8 Å². The Morgan fingerprint density at radius 1 is 1.35 bits per heavy atom. The normalized spacial score (nSPS) is 20.2. The Morgan fingerprint density at radius 2 is 2.17 bits per heavy atom. The lowest BCUT2D eigenvalue weighted by atomic mass is 10.1. The first-order valence-electron chi connectivity index (χ1n) is 7.92. The molecule has 0 radical (unpaired) electrons. The third kappa shape index (κ3) is 3.75. The number of aromatic amines is 1. The van der Waals surface area contributed by atoms with Crippen LogP contribution in [0.4, 0.5) is 0 Å². The van der Waals surface area contributed by atoms with Crippen molar-refractivity contribution >= 4 is 22.5 Å². The Morgan fingerprint density at radius 3 is 2.96 bits per heavy atom. The Labute approximate surface area is 140 Å². The first kappa shape index (κ1) is 16.5. The number of pyridine rings is 1. The number of aromatic nitrogens is 1. The summed E-state index contributed by atoms with van der Waals surface area (Å²) in [7, 11) is 2.10. The molecule has 0 amide bonds. The number of hydrogen-bond donors (Lipinski definition) is 2. The molecule has 3 rings (SSSR count). The quantitative estimate of drug-likeness (QED) is 0.892. The molecule has 1 aliphatic heterocycles. The van der Waals surface area contributed by atoms with E-state index in [0.29, 0.717) is 23.0 Å². The van der Waals surface area contributed by atoms with Gasteiger partial charge in [-0.2, -0.15) is 0 Å². The van der Waals surface area contributed by atoms with Crippen LogP contribution in [0.3, 0.4) is 0 Å². The minimum Gasteiger partial charge on any atom is -0.396 e. The second-order valence-electron chi connectivity index (χ2n) is 6.23. The van der Waals surface area contributed by atoms with E-state index < -0.39 is 0 Å². The van der Waals surface area contributed by atoms with Gasteiger partial charge in [0.25, 0.3) is 0 Å². The SMILES string of the molecule is CN1CCN(Cc2cc(=O)c3cc(Cl)ccc3[nH]2)C[C@H]1CCO. The van der Waals surface area contributed by atoms with Crippen LogP contribution in [-0.2, 0) is 6.54 Å². The van der Waals surface area contributed by atoms with Gasteiger partial charge in [0, 0.05) is 66.5 Å². The summed E-state index contributed by atoms with van der Waals surface area (Å²) in [5, 5.41) is 10.4. The van der Waals surface area contributed by atoms with Crippen molar-refractivity contribution in [1.29, 1.82) is 0 Å². The van der Waals surface area contributed by atoms with Gasteiger partial charge in [-0.3, -0.25) is 9.69 Å². The molecule has 1 saturated heterocycles. The molecule has 23 heavy (non-hydrogen) atoms. The third-order valence-corrected chi connectivity index (χ3v) is 4.80. The molecule has 1 aliphatic rings. The Bertz CT molecular complexity index is 746. The molecule has 0 spiro atoms. The molecule has 2 N–H and O–H groups in total. The van der Waals surface area contributed by atoms with Crippen LogP contribution in [0.15, 0.2) is 29.1 Å². The fraction of sp³-hybridized carbons (Fsp3) is 0.471. The van der Waals surface area contributed by atoms with Crippen LogP contribution in [0, 0.1) is 0 Å². The van der Waals surface area contributed by atoms with E-state index in [2.05, 4.69) is 21.8 Å². The fourth-order valence-corrected chi connectivity index (χ4v) is 3.39. The zero-order valence-electron chi connectivity index (χ0n) is 13.3.